The molecule has 0 aromatic heterocycles. The zero-order chi connectivity index (χ0) is 14.7. The average molecular weight is 330 g/mol. The lowest BCUT2D eigenvalue weighted by Crippen LogP contribution is -2.26. The second-order valence-electron chi connectivity index (χ2n) is 4.30. The van der Waals surface area contributed by atoms with E-state index in [-0.39, 0.29) is 5.91 Å². The Morgan fingerprint density at radius 3 is 2.45 bits per heavy atom. The molecule has 0 heterocycles. The number of rotatable bonds is 2. The molecule has 1 amide bonds. The number of anilines is 2. The Balaban J connectivity index is 2.29. The van der Waals surface area contributed by atoms with Gasteiger partial charge in [-0.15, -0.1) is 0 Å². The Bertz CT molecular complexity index is 669. The van der Waals surface area contributed by atoms with E-state index >= 15 is 0 Å². The maximum Gasteiger partial charge on any atom is 0.258 e. The van der Waals surface area contributed by atoms with Crippen LogP contribution in [0.4, 0.5) is 11.4 Å². The van der Waals surface area contributed by atoms with Crippen molar-refractivity contribution in [2.45, 2.75) is 0 Å². The van der Waals surface area contributed by atoms with Gasteiger partial charge in [-0.05, 0) is 42.5 Å². The highest BCUT2D eigenvalue weighted by Gasteiger charge is 2.14. The van der Waals surface area contributed by atoms with Gasteiger partial charge in [0, 0.05) is 28.5 Å². The molecule has 0 unspecified atom stereocenters. The molecule has 0 aliphatic rings. The van der Waals surface area contributed by atoms with Crippen molar-refractivity contribution < 1.29 is 4.79 Å². The molecule has 0 atom stereocenters. The molecule has 5 heteroatoms. The van der Waals surface area contributed by atoms with Crippen molar-refractivity contribution in [3.63, 3.8) is 0 Å². The first-order chi connectivity index (χ1) is 9.51. The zero-order valence-corrected chi connectivity index (χ0v) is 12.4. The Labute approximate surface area is 125 Å². The summed E-state index contributed by atoms with van der Waals surface area (Å²) < 4.78 is 0.758. The maximum atomic E-state index is 12.4. The monoisotopic (exact) mass is 329 g/mol. The first-order valence-electron chi connectivity index (χ1n) is 5.85. The van der Waals surface area contributed by atoms with Crippen molar-refractivity contribution >= 4 is 33.2 Å². The zero-order valence-electron chi connectivity index (χ0n) is 10.8. The highest BCUT2D eigenvalue weighted by atomic mass is 79.9. The number of nitrogen functional groups attached to an aromatic ring is 1. The van der Waals surface area contributed by atoms with Gasteiger partial charge in [-0.3, -0.25) is 4.79 Å². The number of hydrogen-bond donors (Lipinski definition) is 1. The molecule has 2 aromatic carbocycles. The van der Waals surface area contributed by atoms with E-state index in [9.17, 15) is 4.79 Å². The van der Waals surface area contributed by atoms with Crippen LogP contribution in [0.5, 0.6) is 0 Å². The molecule has 2 N–H and O–H groups in total. The van der Waals surface area contributed by atoms with Gasteiger partial charge >= 0.3 is 0 Å². The Hall–Kier alpha value is -2.32. The van der Waals surface area contributed by atoms with Gasteiger partial charge in [-0.2, -0.15) is 5.26 Å². The van der Waals surface area contributed by atoms with E-state index in [4.69, 9.17) is 11.0 Å². The molecule has 0 spiro atoms. The summed E-state index contributed by atoms with van der Waals surface area (Å²) in [6.45, 7) is 0. The topological polar surface area (TPSA) is 70.1 Å². The van der Waals surface area contributed by atoms with Gasteiger partial charge in [-0.25, -0.2) is 0 Å². The summed E-state index contributed by atoms with van der Waals surface area (Å²) in [4.78, 5) is 13.9. The van der Waals surface area contributed by atoms with Gasteiger partial charge in [0.2, 0.25) is 0 Å². The molecule has 4 nitrogen and oxygen atoms in total. The van der Waals surface area contributed by atoms with Crippen LogP contribution < -0.4 is 10.6 Å². The smallest absolute Gasteiger partial charge is 0.258 e. The van der Waals surface area contributed by atoms with Crippen LogP contribution in [0.15, 0.2) is 46.9 Å². The number of hydrogen-bond acceptors (Lipinski definition) is 3. The molecule has 0 saturated carbocycles. The van der Waals surface area contributed by atoms with Gasteiger partial charge in [0.1, 0.15) is 0 Å². The quantitative estimate of drug-likeness (QED) is 0.860. The Morgan fingerprint density at radius 2 is 1.90 bits per heavy atom. The fourth-order valence-corrected chi connectivity index (χ4v) is 2.32. The molecule has 20 heavy (non-hydrogen) atoms. The van der Waals surface area contributed by atoms with Crippen LogP contribution >= 0.6 is 15.9 Å². The van der Waals surface area contributed by atoms with E-state index in [2.05, 4.69) is 15.9 Å². The fourth-order valence-electron chi connectivity index (χ4n) is 1.81. The summed E-state index contributed by atoms with van der Waals surface area (Å²) in [5.74, 6) is -0.164. The minimum absolute atomic E-state index is 0.164. The SMILES string of the molecule is CN(C(=O)c1cc(N)cc(Br)c1)c1ccc(C#N)cc1. The molecule has 0 aliphatic heterocycles. The largest absolute Gasteiger partial charge is 0.399 e. The van der Waals surface area contributed by atoms with Crippen LogP contribution in [0.3, 0.4) is 0 Å². The fraction of sp³-hybridized carbons (Fsp3) is 0.0667. The number of amides is 1. The van der Waals surface area contributed by atoms with Gasteiger partial charge in [0.25, 0.3) is 5.91 Å². The summed E-state index contributed by atoms with van der Waals surface area (Å²) in [5, 5.41) is 8.77. The highest BCUT2D eigenvalue weighted by Crippen LogP contribution is 2.21. The minimum atomic E-state index is -0.164. The Morgan fingerprint density at radius 1 is 1.25 bits per heavy atom. The second kappa shape index (κ2) is 5.76. The van der Waals surface area contributed by atoms with E-state index in [0.29, 0.717) is 22.5 Å². The van der Waals surface area contributed by atoms with E-state index < -0.39 is 0 Å². The van der Waals surface area contributed by atoms with Crippen molar-refractivity contribution in [3.05, 3.63) is 58.1 Å². The van der Waals surface area contributed by atoms with Crippen LogP contribution in [0, 0.1) is 11.3 Å². The molecule has 0 fully saturated rings. The van der Waals surface area contributed by atoms with E-state index in [1.165, 1.54) is 4.90 Å². The van der Waals surface area contributed by atoms with Crippen LogP contribution in [0.1, 0.15) is 15.9 Å². The predicted molar refractivity (Wildman–Crippen MR) is 82.4 cm³/mol. The van der Waals surface area contributed by atoms with Crippen LogP contribution in [-0.2, 0) is 0 Å². The number of nitriles is 1. The van der Waals surface area contributed by atoms with Crippen LogP contribution in [0.25, 0.3) is 0 Å². The predicted octanol–water partition coefficient (Wildman–Crippen LogP) is 3.18. The molecular weight excluding hydrogens is 318 g/mol. The second-order valence-corrected chi connectivity index (χ2v) is 5.21. The lowest BCUT2D eigenvalue weighted by Gasteiger charge is -2.17. The molecular formula is C15H12BrN3O. The molecule has 0 bridgehead atoms. The Kier molecular flexibility index (Phi) is 4.06. The van der Waals surface area contributed by atoms with Crippen molar-refractivity contribution in [1.29, 1.82) is 5.26 Å². The molecule has 2 aromatic rings. The van der Waals surface area contributed by atoms with Crippen molar-refractivity contribution in [2.75, 3.05) is 17.7 Å². The van der Waals surface area contributed by atoms with Crippen LogP contribution in [-0.4, -0.2) is 13.0 Å². The molecule has 0 radical (unpaired) electrons. The van der Waals surface area contributed by atoms with Crippen molar-refractivity contribution in [1.82, 2.24) is 0 Å². The summed E-state index contributed by atoms with van der Waals surface area (Å²) in [5.41, 5.74) is 8.04. The van der Waals surface area contributed by atoms with Crippen molar-refractivity contribution in [3.8, 4) is 6.07 Å². The van der Waals surface area contributed by atoms with Gasteiger partial charge in [-0.1, -0.05) is 15.9 Å². The number of nitrogens with two attached hydrogens (primary N) is 1. The number of carbonyl (C=O) groups excluding carboxylic acids is 1. The molecule has 100 valence electrons. The maximum absolute atomic E-state index is 12.4. The lowest BCUT2D eigenvalue weighted by molar-refractivity contribution is 0.0993. The number of carbonyl (C=O) groups is 1. The lowest BCUT2D eigenvalue weighted by atomic mass is 10.1. The number of halogens is 1. The van der Waals surface area contributed by atoms with Gasteiger partial charge in [0.05, 0.1) is 11.6 Å². The summed E-state index contributed by atoms with van der Waals surface area (Å²) >= 11 is 3.32. The molecule has 0 saturated heterocycles. The minimum Gasteiger partial charge on any atom is -0.399 e. The number of benzene rings is 2. The molecule has 2 rings (SSSR count). The van der Waals surface area contributed by atoms with E-state index in [1.807, 2.05) is 6.07 Å². The first kappa shape index (κ1) is 14.1. The molecule has 0 aliphatic carbocycles. The summed E-state index contributed by atoms with van der Waals surface area (Å²) in [7, 11) is 1.68. The highest BCUT2D eigenvalue weighted by molar-refractivity contribution is 9.10. The third kappa shape index (κ3) is 2.98. The first-order valence-corrected chi connectivity index (χ1v) is 6.65. The van der Waals surface area contributed by atoms with Gasteiger partial charge in [0.15, 0.2) is 0 Å². The summed E-state index contributed by atoms with van der Waals surface area (Å²) in [6.07, 6.45) is 0. The number of nitrogens with zero attached hydrogens (tertiary/aromatic N) is 2. The average Bonchev–Trinajstić information content (AvgIpc) is 2.45. The van der Waals surface area contributed by atoms with E-state index in [1.54, 1.807) is 49.5 Å². The van der Waals surface area contributed by atoms with Crippen LogP contribution in [0.2, 0.25) is 0 Å². The van der Waals surface area contributed by atoms with Crippen molar-refractivity contribution in [2.24, 2.45) is 0 Å². The summed E-state index contributed by atoms with van der Waals surface area (Å²) in [6, 6.07) is 13.9. The standard InChI is InChI=1S/C15H12BrN3O/c1-19(14-4-2-10(9-17)3-5-14)15(20)11-6-12(16)8-13(18)7-11/h2-8H,18H2,1H3. The van der Waals surface area contributed by atoms with Gasteiger partial charge < -0.3 is 10.6 Å². The normalized spacial score (nSPS) is 9.85. The third-order valence-corrected chi connectivity index (χ3v) is 3.31. The van der Waals surface area contributed by atoms with E-state index in [0.717, 1.165) is 4.47 Å². The third-order valence-electron chi connectivity index (χ3n) is 2.86.